The van der Waals surface area contributed by atoms with E-state index in [9.17, 15) is 18.0 Å². The van der Waals surface area contributed by atoms with Crippen LogP contribution in [-0.2, 0) is 26.0 Å². The van der Waals surface area contributed by atoms with Gasteiger partial charge in [0.2, 0.25) is 10.0 Å². The Morgan fingerprint density at radius 2 is 1.87 bits per heavy atom. The monoisotopic (exact) mass is 447 g/mol. The molecule has 10 nitrogen and oxygen atoms in total. The van der Waals surface area contributed by atoms with Gasteiger partial charge in [0.25, 0.3) is 5.91 Å². The number of nitrogens with two attached hydrogens (primary N) is 1. The van der Waals surface area contributed by atoms with Crippen molar-refractivity contribution >= 4 is 39.6 Å². The Balaban J connectivity index is 2.06. The number of esters is 1. The van der Waals surface area contributed by atoms with E-state index in [-0.39, 0.29) is 18.9 Å². The lowest BCUT2D eigenvalue weighted by molar-refractivity contribution is -0.145. The Kier molecular flexibility index (Phi) is 8.53. The highest BCUT2D eigenvalue weighted by Gasteiger charge is 2.23. The second-order valence-electron chi connectivity index (χ2n) is 6.55. The molecule has 0 spiro atoms. The molecule has 2 rings (SSSR count). The van der Waals surface area contributed by atoms with Gasteiger partial charge in [-0.3, -0.25) is 9.59 Å². The number of ether oxygens (including phenoxy) is 1. The van der Waals surface area contributed by atoms with Crippen LogP contribution in [0.1, 0.15) is 22.8 Å². The molecule has 0 heterocycles. The van der Waals surface area contributed by atoms with Crippen molar-refractivity contribution in [2.75, 3.05) is 23.5 Å². The van der Waals surface area contributed by atoms with Gasteiger partial charge in [0.15, 0.2) is 0 Å². The average molecular weight is 448 g/mol. The van der Waals surface area contributed by atoms with Gasteiger partial charge >= 0.3 is 5.97 Å². The first-order valence-corrected chi connectivity index (χ1v) is 11.2. The number of carbonyl (C=O) groups is 2. The van der Waals surface area contributed by atoms with E-state index in [0.29, 0.717) is 22.5 Å². The van der Waals surface area contributed by atoms with E-state index in [1.54, 1.807) is 55.5 Å². The fraction of sp³-hybridized carbons (Fsp3) is 0.250. The molecule has 11 heteroatoms. The first-order chi connectivity index (χ1) is 14.7. The Bertz CT molecular complexity index is 1040. The molecule has 0 aromatic heterocycles. The maximum atomic E-state index is 12.5. The third-order valence-electron chi connectivity index (χ3n) is 4.01. The summed E-state index contributed by atoms with van der Waals surface area (Å²) < 4.78 is 30.3. The summed E-state index contributed by atoms with van der Waals surface area (Å²) in [6.07, 6.45) is 2.39. The predicted octanol–water partition coefficient (Wildman–Crippen LogP) is 1.28. The molecule has 0 unspecified atom stereocenters. The number of benzene rings is 2. The highest BCUT2D eigenvalue weighted by molar-refractivity contribution is 7.88. The number of sulfonamides is 1. The van der Waals surface area contributed by atoms with Gasteiger partial charge in [0.05, 0.1) is 12.9 Å². The standard InChI is InChI=1S/C20H25N5O5S/c1-3-30-20(27)18(25-31(2,28)29)11-14-7-9-16(10-8-14)24-19(26)15-5-4-6-17(12-15)22-13-23-21/h4-10,12-13,18,25H,3,11,21H2,1-2H3,(H,22,23)(H,24,26)/t18-/m0/s1. The summed E-state index contributed by atoms with van der Waals surface area (Å²) in [6.45, 7) is 1.78. The van der Waals surface area contributed by atoms with Gasteiger partial charge in [0, 0.05) is 16.9 Å². The fourth-order valence-electron chi connectivity index (χ4n) is 2.70. The molecule has 2 aromatic carbocycles. The lowest BCUT2D eigenvalue weighted by Gasteiger charge is -2.16. The number of hydrogen-bond acceptors (Lipinski definition) is 7. The van der Waals surface area contributed by atoms with E-state index in [1.807, 2.05) is 0 Å². The minimum Gasteiger partial charge on any atom is -0.465 e. The SMILES string of the molecule is CCOC(=O)[C@H](Cc1ccc(NC(=O)c2cccc(NC=NN)c2)cc1)NS(C)(=O)=O. The summed E-state index contributed by atoms with van der Waals surface area (Å²) >= 11 is 0. The van der Waals surface area contributed by atoms with Crippen LogP contribution in [0.3, 0.4) is 0 Å². The van der Waals surface area contributed by atoms with Gasteiger partial charge in [-0.05, 0) is 49.2 Å². The summed E-state index contributed by atoms with van der Waals surface area (Å²) in [5.41, 5.74) is 2.32. The molecule has 1 atom stereocenters. The number of nitrogens with one attached hydrogen (secondary N) is 3. The second-order valence-corrected chi connectivity index (χ2v) is 8.33. The van der Waals surface area contributed by atoms with Crippen molar-refractivity contribution in [2.24, 2.45) is 10.9 Å². The van der Waals surface area contributed by atoms with Crippen molar-refractivity contribution < 1.29 is 22.7 Å². The normalized spacial score (nSPS) is 12.3. The lowest BCUT2D eigenvalue weighted by atomic mass is 10.1. The number of carbonyl (C=O) groups excluding carboxylic acids is 2. The zero-order chi connectivity index (χ0) is 22.9. The van der Waals surface area contributed by atoms with Gasteiger partial charge in [-0.15, -0.1) is 0 Å². The maximum absolute atomic E-state index is 12.5. The molecular weight excluding hydrogens is 422 g/mol. The van der Waals surface area contributed by atoms with Crippen LogP contribution in [-0.4, -0.2) is 45.5 Å². The van der Waals surface area contributed by atoms with Crippen LogP contribution in [0, 0.1) is 0 Å². The van der Waals surface area contributed by atoms with Crippen molar-refractivity contribution in [1.82, 2.24) is 4.72 Å². The molecule has 166 valence electrons. The zero-order valence-corrected chi connectivity index (χ0v) is 18.0. The van der Waals surface area contributed by atoms with Gasteiger partial charge in [-0.1, -0.05) is 18.2 Å². The van der Waals surface area contributed by atoms with Crippen LogP contribution in [0.4, 0.5) is 11.4 Å². The summed E-state index contributed by atoms with van der Waals surface area (Å²) in [7, 11) is -3.60. The number of amides is 1. The summed E-state index contributed by atoms with van der Waals surface area (Å²) in [5.74, 6) is 4.08. The van der Waals surface area contributed by atoms with E-state index in [0.717, 1.165) is 6.26 Å². The molecule has 0 radical (unpaired) electrons. The molecule has 1 amide bonds. The Labute approximate surface area is 180 Å². The van der Waals surface area contributed by atoms with Crippen LogP contribution >= 0.6 is 0 Å². The minimum atomic E-state index is -3.60. The molecule has 31 heavy (non-hydrogen) atoms. The molecule has 0 bridgehead atoms. The minimum absolute atomic E-state index is 0.108. The van der Waals surface area contributed by atoms with E-state index in [1.165, 1.54) is 6.34 Å². The highest BCUT2D eigenvalue weighted by atomic mass is 32.2. The van der Waals surface area contributed by atoms with Gasteiger partial charge < -0.3 is 21.2 Å². The third-order valence-corrected chi connectivity index (χ3v) is 4.72. The largest absolute Gasteiger partial charge is 0.465 e. The summed E-state index contributed by atoms with van der Waals surface area (Å²) in [6, 6.07) is 12.5. The maximum Gasteiger partial charge on any atom is 0.324 e. The third kappa shape index (κ3) is 8.07. The molecule has 5 N–H and O–H groups in total. The summed E-state index contributed by atoms with van der Waals surface area (Å²) in [4.78, 5) is 24.5. The van der Waals surface area contributed by atoms with E-state index < -0.39 is 22.0 Å². The Morgan fingerprint density at radius 1 is 1.16 bits per heavy atom. The number of hydrazone groups is 1. The van der Waals surface area contributed by atoms with Crippen molar-refractivity contribution in [3.63, 3.8) is 0 Å². The predicted molar refractivity (Wildman–Crippen MR) is 119 cm³/mol. The van der Waals surface area contributed by atoms with Crippen molar-refractivity contribution in [3.05, 3.63) is 59.7 Å². The van der Waals surface area contributed by atoms with Crippen molar-refractivity contribution in [1.29, 1.82) is 0 Å². The first-order valence-electron chi connectivity index (χ1n) is 9.34. The van der Waals surface area contributed by atoms with E-state index >= 15 is 0 Å². The topological polar surface area (TPSA) is 152 Å². The van der Waals surface area contributed by atoms with Gasteiger partial charge in [0.1, 0.15) is 12.4 Å². The van der Waals surface area contributed by atoms with Crippen LogP contribution in [0.5, 0.6) is 0 Å². The van der Waals surface area contributed by atoms with Crippen LogP contribution in [0.15, 0.2) is 53.6 Å². The molecule has 2 aromatic rings. The molecule has 0 saturated carbocycles. The average Bonchev–Trinajstić information content (AvgIpc) is 2.72. The first kappa shape index (κ1) is 23.8. The number of nitrogens with zero attached hydrogens (tertiary/aromatic N) is 1. The van der Waals surface area contributed by atoms with Crippen LogP contribution in [0.2, 0.25) is 0 Å². The lowest BCUT2D eigenvalue weighted by Crippen LogP contribution is -2.42. The van der Waals surface area contributed by atoms with Crippen molar-refractivity contribution in [2.45, 2.75) is 19.4 Å². The van der Waals surface area contributed by atoms with Gasteiger partial charge in [-0.25, -0.2) is 13.1 Å². The Hall–Kier alpha value is -3.44. The second kappa shape index (κ2) is 11.1. The Morgan fingerprint density at radius 3 is 2.48 bits per heavy atom. The number of anilines is 2. The molecule has 0 aliphatic rings. The molecule has 0 aliphatic carbocycles. The number of hydrogen-bond donors (Lipinski definition) is 4. The smallest absolute Gasteiger partial charge is 0.324 e. The van der Waals surface area contributed by atoms with E-state index in [4.69, 9.17) is 10.6 Å². The quantitative estimate of drug-likeness (QED) is 0.141. The van der Waals surface area contributed by atoms with Crippen LogP contribution < -0.4 is 21.2 Å². The molecule has 0 aliphatic heterocycles. The fourth-order valence-corrected chi connectivity index (χ4v) is 3.40. The number of rotatable bonds is 10. The van der Waals surface area contributed by atoms with Gasteiger partial charge in [-0.2, -0.15) is 5.10 Å². The molecular formula is C20H25N5O5S. The molecule has 0 fully saturated rings. The molecule has 0 saturated heterocycles. The summed E-state index contributed by atoms with van der Waals surface area (Å²) in [5, 5.41) is 8.94. The van der Waals surface area contributed by atoms with Crippen LogP contribution in [0.25, 0.3) is 0 Å². The highest BCUT2D eigenvalue weighted by Crippen LogP contribution is 2.15. The van der Waals surface area contributed by atoms with E-state index in [2.05, 4.69) is 20.5 Å². The van der Waals surface area contributed by atoms with Crippen molar-refractivity contribution in [3.8, 4) is 0 Å². The zero-order valence-electron chi connectivity index (χ0n) is 17.2.